The highest BCUT2D eigenvalue weighted by atomic mass is 16.5. The minimum atomic E-state index is -0.534. The third kappa shape index (κ3) is 5.06. The first-order valence-electron chi connectivity index (χ1n) is 7.25. The quantitative estimate of drug-likeness (QED) is 0.638. The first-order chi connectivity index (χ1) is 10.1. The second kappa shape index (κ2) is 7.61. The van der Waals surface area contributed by atoms with Crippen LogP contribution in [-0.4, -0.2) is 34.8 Å². The minimum absolute atomic E-state index is 0.257. The fraction of sp³-hybridized carbons (Fsp3) is 0.533. The molecule has 6 nitrogen and oxygen atoms in total. The summed E-state index contributed by atoms with van der Waals surface area (Å²) in [4.78, 5) is 23.2. The Bertz CT molecular complexity index is 534. The molecule has 1 aliphatic carbocycles. The SMILES string of the molecule is Cn1cc(C(=O)OCC(=O)NCCC2=CCCCC2)cn1. The second-order valence-corrected chi connectivity index (χ2v) is 5.19. The molecule has 0 bridgehead atoms. The van der Waals surface area contributed by atoms with E-state index in [-0.39, 0.29) is 12.5 Å². The van der Waals surface area contributed by atoms with Gasteiger partial charge >= 0.3 is 5.97 Å². The van der Waals surface area contributed by atoms with Crippen LogP contribution < -0.4 is 5.32 Å². The molecule has 0 saturated heterocycles. The van der Waals surface area contributed by atoms with Gasteiger partial charge in [0.15, 0.2) is 6.61 Å². The van der Waals surface area contributed by atoms with E-state index in [0.717, 1.165) is 19.3 Å². The van der Waals surface area contributed by atoms with Crippen molar-refractivity contribution in [2.24, 2.45) is 7.05 Å². The van der Waals surface area contributed by atoms with Crippen LogP contribution in [-0.2, 0) is 16.6 Å². The van der Waals surface area contributed by atoms with E-state index in [9.17, 15) is 9.59 Å². The highest BCUT2D eigenvalue weighted by molar-refractivity contribution is 5.90. The van der Waals surface area contributed by atoms with E-state index in [0.29, 0.717) is 12.1 Å². The Morgan fingerprint density at radius 1 is 1.43 bits per heavy atom. The molecule has 0 radical (unpaired) electrons. The van der Waals surface area contributed by atoms with E-state index in [2.05, 4.69) is 16.5 Å². The number of aromatic nitrogens is 2. The Hall–Kier alpha value is -2.11. The van der Waals surface area contributed by atoms with Crippen LogP contribution in [0, 0.1) is 0 Å². The third-order valence-corrected chi connectivity index (χ3v) is 3.43. The molecular formula is C15H21N3O3. The van der Waals surface area contributed by atoms with Gasteiger partial charge in [0.25, 0.3) is 5.91 Å². The van der Waals surface area contributed by atoms with Gasteiger partial charge in [-0.2, -0.15) is 5.10 Å². The Morgan fingerprint density at radius 2 is 2.29 bits per heavy atom. The van der Waals surface area contributed by atoms with Gasteiger partial charge in [-0.15, -0.1) is 0 Å². The first-order valence-corrected chi connectivity index (χ1v) is 7.25. The van der Waals surface area contributed by atoms with Gasteiger partial charge in [0.2, 0.25) is 0 Å². The molecule has 1 N–H and O–H groups in total. The summed E-state index contributed by atoms with van der Waals surface area (Å²) in [6, 6.07) is 0. The van der Waals surface area contributed by atoms with Crippen LogP contribution >= 0.6 is 0 Å². The van der Waals surface area contributed by atoms with E-state index >= 15 is 0 Å². The number of allylic oxidation sites excluding steroid dienone is 1. The van der Waals surface area contributed by atoms with Gasteiger partial charge in [-0.1, -0.05) is 11.6 Å². The molecule has 1 aromatic heterocycles. The van der Waals surface area contributed by atoms with Crippen molar-refractivity contribution in [3.8, 4) is 0 Å². The third-order valence-electron chi connectivity index (χ3n) is 3.43. The molecule has 0 aliphatic heterocycles. The molecule has 114 valence electrons. The summed E-state index contributed by atoms with van der Waals surface area (Å²) in [5.41, 5.74) is 1.76. The van der Waals surface area contributed by atoms with Crippen LogP contribution in [0.2, 0.25) is 0 Å². The molecule has 2 rings (SSSR count). The number of ether oxygens (including phenoxy) is 1. The maximum atomic E-state index is 11.6. The highest BCUT2D eigenvalue weighted by Gasteiger charge is 2.11. The van der Waals surface area contributed by atoms with Crippen molar-refractivity contribution in [2.75, 3.05) is 13.2 Å². The van der Waals surface area contributed by atoms with Crippen molar-refractivity contribution in [1.82, 2.24) is 15.1 Å². The highest BCUT2D eigenvalue weighted by Crippen LogP contribution is 2.19. The second-order valence-electron chi connectivity index (χ2n) is 5.19. The van der Waals surface area contributed by atoms with Gasteiger partial charge < -0.3 is 10.1 Å². The number of hydrogen-bond acceptors (Lipinski definition) is 4. The van der Waals surface area contributed by atoms with Crippen LogP contribution in [0.15, 0.2) is 24.0 Å². The van der Waals surface area contributed by atoms with Gasteiger partial charge in [0.1, 0.15) is 0 Å². The van der Waals surface area contributed by atoms with E-state index in [1.54, 1.807) is 13.2 Å². The fourth-order valence-electron chi connectivity index (χ4n) is 2.29. The first kappa shape index (κ1) is 15.3. The number of hydrogen-bond donors (Lipinski definition) is 1. The molecule has 0 aromatic carbocycles. The smallest absolute Gasteiger partial charge is 0.341 e. The molecule has 0 unspecified atom stereocenters. The largest absolute Gasteiger partial charge is 0.452 e. The summed E-state index contributed by atoms with van der Waals surface area (Å²) in [6.07, 6.45) is 10.9. The number of nitrogens with zero attached hydrogens (tertiary/aromatic N) is 2. The van der Waals surface area contributed by atoms with Gasteiger partial charge in [-0.3, -0.25) is 9.48 Å². The topological polar surface area (TPSA) is 73.2 Å². The standard InChI is InChI=1S/C15H21N3O3/c1-18-10-13(9-17-18)15(20)21-11-14(19)16-8-7-12-5-3-2-4-6-12/h5,9-10H,2-4,6-8,11H2,1H3,(H,16,19). The molecule has 0 saturated carbocycles. The molecule has 6 heteroatoms. The van der Waals surface area contributed by atoms with Gasteiger partial charge in [-0.05, 0) is 32.1 Å². The zero-order valence-electron chi connectivity index (χ0n) is 12.3. The van der Waals surface area contributed by atoms with Gasteiger partial charge in [0, 0.05) is 19.8 Å². The maximum absolute atomic E-state index is 11.6. The Morgan fingerprint density at radius 3 is 2.95 bits per heavy atom. The number of esters is 1. The number of amides is 1. The molecule has 0 fully saturated rings. The molecule has 0 atom stereocenters. The Kier molecular flexibility index (Phi) is 5.54. The lowest BCUT2D eigenvalue weighted by molar-refractivity contribution is -0.124. The van der Waals surface area contributed by atoms with Crippen LogP contribution in [0.5, 0.6) is 0 Å². The average Bonchev–Trinajstić information content (AvgIpc) is 2.92. The van der Waals surface area contributed by atoms with E-state index in [4.69, 9.17) is 4.74 Å². The monoisotopic (exact) mass is 291 g/mol. The number of carbonyl (C=O) groups is 2. The lowest BCUT2D eigenvalue weighted by Gasteiger charge is -2.12. The van der Waals surface area contributed by atoms with E-state index in [1.807, 2.05) is 0 Å². The fourth-order valence-corrected chi connectivity index (χ4v) is 2.29. The predicted molar refractivity (Wildman–Crippen MR) is 77.7 cm³/mol. The summed E-state index contributed by atoms with van der Waals surface area (Å²) in [5, 5.41) is 6.64. The van der Waals surface area contributed by atoms with E-state index < -0.39 is 5.97 Å². The van der Waals surface area contributed by atoms with Crippen LogP contribution in [0.25, 0.3) is 0 Å². The molecular weight excluding hydrogens is 270 g/mol. The van der Waals surface area contributed by atoms with Crippen molar-refractivity contribution < 1.29 is 14.3 Å². The molecule has 1 heterocycles. The predicted octanol–water partition coefficient (Wildman–Crippen LogP) is 1.58. The zero-order chi connectivity index (χ0) is 15.1. The van der Waals surface area contributed by atoms with Crippen molar-refractivity contribution >= 4 is 11.9 Å². The maximum Gasteiger partial charge on any atom is 0.341 e. The summed E-state index contributed by atoms with van der Waals surface area (Å²) < 4.78 is 6.44. The van der Waals surface area contributed by atoms with Gasteiger partial charge in [-0.25, -0.2) is 4.79 Å². The van der Waals surface area contributed by atoms with Crippen molar-refractivity contribution in [3.63, 3.8) is 0 Å². The number of aryl methyl sites for hydroxylation is 1. The molecule has 0 spiro atoms. The zero-order valence-corrected chi connectivity index (χ0v) is 12.3. The lowest BCUT2D eigenvalue weighted by atomic mass is 9.97. The van der Waals surface area contributed by atoms with Crippen LogP contribution in [0.3, 0.4) is 0 Å². The number of rotatable bonds is 6. The summed E-state index contributed by atoms with van der Waals surface area (Å²) >= 11 is 0. The number of carbonyl (C=O) groups excluding carboxylic acids is 2. The van der Waals surface area contributed by atoms with Crippen molar-refractivity contribution in [2.45, 2.75) is 32.1 Å². The van der Waals surface area contributed by atoms with E-state index in [1.165, 1.54) is 29.3 Å². The average molecular weight is 291 g/mol. The minimum Gasteiger partial charge on any atom is -0.452 e. The molecule has 1 aromatic rings. The van der Waals surface area contributed by atoms with Crippen molar-refractivity contribution in [1.29, 1.82) is 0 Å². The van der Waals surface area contributed by atoms with Crippen molar-refractivity contribution in [3.05, 3.63) is 29.6 Å². The molecule has 21 heavy (non-hydrogen) atoms. The summed E-state index contributed by atoms with van der Waals surface area (Å²) in [6.45, 7) is 0.335. The Balaban J connectivity index is 1.63. The van der Waals surface area contributed by atoms with Gasteiger partial charge in [0.05, 0.1) is 11.8 Å². The van der Waals surface area contributed by atoms with Crippen LogP contribution in [0.4, 0.5) is 0 Å². The Labute approximate surface area is 124 Å². The lowest BCUT2D eigenvalue weighted by Crippen LogP contribution is -2.29. The van der Waals surface area contributed by atoms with Crippen LogP contribution in [0.1, 0.15) is 42.5 Å². The summed E-state index contributed by atoms with van der Waals surface area (Å²) in [7, 11) is 1.71. The number of nitrogens with one attached hydrogen (secondary N) is 1. The normalized spacial score (nSPS) is 14.4. The molecule has 1 amide bonds. The molecule has 1 aliphatic rings. The summed E-state index contributed by atoms with van der Waals surface area (Å²) in [5.74, 6) is -0.808.